The second-order valence-corrected chi connectivity index (χ2v) is 6.80. The molecule has 0 radical (unpaired) electrons. The van der Waals surface area contributed by atoms with Gasteiger partial charge in [0.2, 0.25) is 0 Å². The number of para-hydroxylation sites is 2. The summed E-state index contributed by atoms with van der Waals surface area (Å²) in [6.45, 7) is 4.47. The van der Waals surface area contributed by atoms with Crippen LogP contribution in [0.1, 0.15) is 37.8 Å². The molecule has 2 nitrogen and oxygen atoms in total. The fraction of sp³-hybridized carbons (Fsp3) is 0.250. The smallest absolute Gasteiger partial charge is 0.0394 e. The van der Waals surface area contributed by atoms with Crippen LogP contribution in [0.3, 0.4) is 0 Å². The highest BCUT2D eigenvalue weighted by Gasteiger charge is 2.18. The van der Waals surface area contributed by atoms with Crippen LogP contribution in [0, 0.1) is 0 Å². The topological polar surface area (TPSA) is 52.0 Å². The molecule has 0 saturated carbocycles. The monoisotopic (exact) mass is 344 g/mol. The molecule has 0 aromatic heterocycles. The van der Waals surface area contributed by atoms with Gasteiger partial charge in [-0.05, 0) is 47.2 Å². The van der Waals surface area contributed by atoms with E-state index in [4.69, 9.17) is 11.5 Å². The standard InChI is InChI=1S/C24H28N2/c1-3-9-17-15-16-20(19-11-5-7-13-22(19)25)24(18(17)10-4-2)21-12-6-8-14-23(21)26/h5-8,11-16H,3-4,9-10,25-26H2,1-2H3. The molecule has 2 heteroatoms. The van der Waals surface area contributed by atoms with Crippen LogP contribution in [0.25, 0.3) is 22.3 Å². The van der Waals surface area contributed by atoms with Crippen LogP contribution in [-0.4, -0.2) is 0 Å². The van der Waals surface area contributed by atoms with Crippen molar-refractivity contribution in [2.24, 2.45) is 0 Å². The Balaban J connectivity index is 2.36. The minimum Gasteiger partial charge on any atom is -0.398 e. The van der Waals surface area contributed by atoms with Crippen molar-refractivity contribution < 1.29 is 0 Å². The second-order valence-electron chi connectivity index (χ2n) is 6.80. The van der Waals surface area contributed by atoms with E-state index in [0.717, 1.165) is 48.2 Å². The zero-order valence-electron chi connectivity index (χ0n) is 15.8. The molecule has 0 aliphatic rings. The molecule has 26 heavy (non-hydrogen) atoms. The number of nitrogens with two attached hydrogens (primary N) is 2. The third-order valence-electron chi connectivity index (χ3n) is 4.91. The molecule has 0 heterocycles. The zero-order valence-corrected chi connectivity index (χ0v) is 15.8. The Kier molecular flexibility index (Phi) is 5.62. The Bertz CT molecular complexity index is 896. The van der Waals surface area contributed by atoms with Crippen LogP contribution in [-0.2, 0) is 12.8 Å². The molecule has 0 bridgehead atoms. The van der Waals surface area contributed by atoms with Gasteiger partial charge in [0, 0.05) is 22.5 Å². The maximum atomic E-state index is 6.40. The van der Waals surface area contributed by atoms with Crippen molar-refractivity contribution in [1.82, 2.24) is 0 Å². The fourth-order valence-corrected chi connectivity index (χ4v) is 3.73. The molecule has 0 atom stereocenters. The van der Waals surface area contributed by atoms with Gasteiger partial charge >= 0.3 is 0 Å². The van der Waals surface area contributed by atoms with Crippen LogP contribution in [0.4, 0.5) is 11.4 Å². The first-order valence-corrected chi connectivity index (χ1v) is 9.51. The van der Waals surface area contributed by atoms with Crippen molar-refractivity contribution >= 4 is 11.4 Å². The van der Waals surface area contributed by atoms with Crippen LogP contribution in [0.5, 0.6) is 0 Å². The summed E-state index contributed by atoms with van der Waals surface area (Å²) < 4.78 is 0. The maximum absolute atomic E-state index is 6.40. The lowest BCUT2D eigenvalue weighted by molar-refractivity contribution is 0.863. The first kappa shape index (κ1) is 18.1. The van der Waals surface area contributed by atoms with E-state index in [1.807, 2.05) is 30.3 Å². The summed E-state index contributed by atoms with van der Waals surface area (Å²) in [6.07, 6.45) is 4.36. The van der Waals surface area contributed by atoms with Gasteiger partial charge < -0.3 is 11.5 Å². The predicted molar refractivity (Wildman–Crippen MR) is 114 cm³/mol. The maximum Gasteiger partial charge on any atom is 0.0394 e. The highest BCUT2D eigenvalue weighted by molar-refractivity contribution is 5.94. The SMILES string of the molecule is CCCc1ccc(-c2ccccc2N)c(-c2ccccc2N)c1CCC. The van der Waals surface area contributed by atoms with E-state index in [0.29, 0.717) is 0 Å². The molecule has 3 aromatic carbocycles. The van der Waals surface area contributed by atoms with Gasteiger partial charge in [-0.1, -0.05) is 75.2 Å². The minimum absolute atomic E-state index is 0.800. The Morgan fingerprint density at radius 3 is 1.77 bits per heavy atom. The molecule has 0 amide bonds. The van der Waals surface area contributed by atoms with Crippen LogP contribution >= 0.6 is 0 Å². The first-order valence-electron chi connectivity index (χ1n) is 9.51. The quantitative estimate of drug-likeness (QED) is 0.532. The van der Waals surface area contributed by atoms with Crippen molar-refractivity contribution in [2.75, 3.05) is 11.5 Å². The molecule has 134 valence electrons. The fourth-order valence-electron chi connectivity index (χ4n) is 3.73. The Morgan fingerprint density at radius 1 is 0.615 bits per heavy atom. The van der Waals surface area contributed by atoms with Crippen molar-refractivity contribution in [3.05, 3.63) is 71.8 Å². The lowest BCUT2D eigenvalue weighted by atomic mass is 9.84. The Morgan fingerprint density at radius 2 is 1.19 bits per heavy atom. The Hall–Kier alpha value is -2.74. The minimum atomic E-state index is 0.800. The van der Waals surface area contributed by atoms with E-state index < -0.39 is 0 Å². The van der Waals surface area contributed by atoms with Crippen LogP contribution in [0.2, 0.25) is 0 Å². The third kappa shape index (κ3) is 3.45. The van der Waals surface area contributed by atoms with Gasteiger partial charge in [0.05, 0.1) is 0 Å². The van der Waals surface area contributed by atoms with Gasteiger partial charge in [-0.3, -0.25) is 0 Å². The normalized spacial score (nSPS) is 10.8. The van der Waals surface area contributed by atoms with Gasteiger partial charge in [0.15, 0.2) is 0 Å². The zero-order chi connectivity index (χ0) is 18.5. The van der Waals surface area contributed by atoms with E-state index in [9.17, 15) is 0 Å². The van der Waals surface area contributed by atoms with Gasteiger partial charge in [0.1, 0.15) is 0 Å². The summed E-state index contributed by atoms with van der Waals surface area (Å²) in [4.78, 5) is 0. The largest absolute Gasteiger partial charge is 0.398 e. The summed E-state index contributed by atoms with van der Waals surface area (Å²) in [5, 5.41) is 0. The molecule has 3 rings (SSSR count). The number of benzene rings is 3. The van der Waals surface area contributed by atoms with E-state index in [2.05, 4.69) is 44.2 Å². The first-order chi connectivity index (χ1) is 12.7. The molecule has 4 N–H and O–H groups in total. The molecule has 0 unspecified atom stereocenters. The van der Waals surface area contributed by atoms with E-state index in [1.54, 1.807) is 0 Å². The molecular formula is C24H28N2. The number of hydrogen-bond donors (Lipinski definition) is 2. The van der Waals surface area contributed by atoms with Crippen molar-refractivity contribution in [1.29, 1.82) is 0 Å². The van der Waals surface area contributed by atoms with E-state index in [-0.39, 0.29) is 0 Å². The highest BCUT2D eigenvalue weighted by Crippen LogP contribution is 2.41. The van der Waals surface area contributed by atoms with Crippen molar-refractivity contribution in [3.63, 3.8) is 0 Å². The second kappa shape index (κ2) is 8.09. The van der Waals surface area contributed by atoms with E-state index >= 15 is 0 Å². The third-order valence-corrected chi connectivity index (χ3v) is 4.91. The molecule has 0 aliphatic carbocycles. The lowest BCUT2D eigenvalue weighted by Gasteiger charge is -2.21. The van der Waals surface area contributed by atoms with Gasteiger partial charge in [-0.15, -0.1) is 0 Å². The molecule has 3 aromatic rings. The molecule has 0 spiro atoms. The number of hydrogen-bond acceptors (Lipinski definition) is 2. The summed E-state index contributed by atoms with van der Waals surface area (Å²) in [6, 6.07) is 20.7. The summed E-state index contributed by atoms with van der Waals surface area (Å²) in [5.74, 6) is 0. The summed E-state index contributed by atoms with van der Waals surface area (Å²) in [7, 11) is 0. The van der Waals surface area contributed by atoms with Crippen molar-refractivity contribution in [3.8, 4) is 22.3 Å². The van der Waals surface area contributed by atoms with Gasteiger partial charge in [-0.2, -0.15) is 0 Å². The van der Waals surface area contributed by atoms with Crippen LogP contribution < -0.4 is 11.5 Å². The van der Waals surface area contributed by atoms with Gasteiger partial charge in [0.25, 0.3) is 0 Å². The summed E-state index contributed by atoms with van der Waals surface area (Å²) >= 11 is 0. The number of rotatable bonds is 6. The predicted octanol–water partition coefficient (Wildman–Crippen LogP) is 6.09. The summed E-state index contributed by atoms with van der Waals surface area (Å²) in [5.41, 5.74) is 21.8. The van der Waals surface area contributed by atoms with Crippen molar-refractivity contribution in [2.45, 2.75) is 39.5 Å². The number of nitrogen functional groups attached to an aromatic ring is 2. The molecule has 0 aliphatic heterocycles. The molecular weight excluding hydrogens is 316 g/mol. The van der Waals surface area contributed by atoms with Gasteiger partial charge in [-0.25, -0.2) is 0 Å². The number of aryl methyl sites for hydroxylation is 1. The Labute approximate surface area is 156 Å². The van der Waals surface area contributed by atoms with Crippen LogP contribution in [0.15, 0.2) is 60.7 Å². The van der Waals surface area contributed by atoms with E-state index in [1.165, 1.54) is 22.3 Å². The average Bonchev–Trinajstić information content (AvgIpc) is 2.64. The lowest BCUT2D eigenvalue weighted by Crippen LogP contribution is -2.03. The number of anilines is 2. The average molecular weight is 345 g/mol. The molecule has 0 fully saturated rings. The molecule has 0 saturated heterocycles. The highest BCUT2D eigenvalue weighted by atomic mass is 14.6.